The SMILES string of the molecule is Cc1cc(NC(=O)c2cc3cccc(C)c3[nH]2)no1. The standard InChI is InChI=1S/C14H13N3O2/c1-8-4-3-5-10-7-11(15-13(8)10)14(18)16-12-6-9(2)19-17-12/h3-7,15H,1-2H3,(H,16,17,18). The van der Waals surface area contributed by atoms with Crippen LogP contribution >= 0.6 is 0 Å². The lowest BCUT2D eigenvalue weighted by Crippen LogP contribution is -2.12. The Morgan fingerprint density at radius 1 is 1.32 bits per heavy atom. The number of rotatable bonds is 2. The van der Waals surface area contributed by atoms with Gasteiger partial charge in [-0.25, -0.2) is 0 Å². The molecular weight excluding hydrogens is 242 g/mol. The van der Waals surface area contributed by atoms with Crippen LogP contribution in [0.4, 0.5) is 5.82 Å². The number of para-hydroxylation sites is 1. The molecule has 0 bridgehead atoms. The van der Waals surface area contributed by atoms with Crippen LogP contribution in [-0.2, 0) is 0 Å². The van der Waals surface area contributed by atoms with Gasteiger partial charge in [-0.3, -0.25) is 4.79 Å². The van der Waals surface area contributed by atoms with E-state index < -0.39 is 0 Å². The zero-order chi connectivity index (χ0) is 13.4. The van der Waals surface area contributed by atoms with Crippen molar-refractivity contribution >= 4 is 22.6 Å². The maximum atomic E-state index is 12.1. The van der Waals surface area contributed by atoms with Gasteiger partial charge in [-0.2, -0.15) is 0 Å². The molecule has 0 saturated heterocycles. The van der Waals surface area contributed by atoms with Crippen LogP contribution in [0.15, 0.2) is 34.9 Å². The molecule has 5 heteroatoms. The number of fused-ring (bicyclic) bond motifs is 1. The minimum absolute atomic E-state index is 0.232. The molecule has 19 heavy (non-hydrogen) atoms. The molecule has 1 amide bonds. The Balaban J connectivity index is 1.91. The number of anilines is 1. The summed E-state index contributed by atoms with van der Waals surface area (Å²) < 4.78 is 4.90. The number of carbonyl (C=O) groups excluding carboxylic acids is 1. The number of carbonyl (C=O) groups is 1. The molecule has 0 aliphatic heterocycles. The van der Waals surface area contributed by atoms with Crippen LogP contribution in [0.2, 0.25) is 0 Å². The highest BCUT2D eigenvalue weighted by Crippen LogP contribution is 2.19. The highest BCUT2D eigenvalue weighted by Gasteiger charge is 2.12. The van der Waals surface area contributed by atoms with Gasteiger partial charge in [-0.15, -0.1) is 0 Å². The topological polar surface area (TPSA) is 70.9 Å². The highest BCUT2D eigenvalue weighted by atomic mass is 16.5. The molecular formula is C14H13N3O2. The molecule has 5 nitrogen and oxygen atoms in total. The van der Waals surface area contributed by atoms with Gasteiger partial charge in [0.1, 0.15) is 11.5 Å². The Kier molecular flexibility index (Phi) is 2.59. The van der Waals surface area contributed by atoms with E-state index in [4.69, 9.17) is 4.52 Å². The van der Waals surface area contributed by atoms with Crippen molar-refractivity contribution in [2.75, 3.05) is 5.32 Å². The number of H-pyrrole nitrogens is 1. The fraction of sp³-hybridized carbons (Fsp3) is 0.143. The highest BCUT2D eigenvalue weighted by molar-refractivity contribution is 6.05. The number of benzene rings is 1. The zero-order valence-electron chi connectivity index (χ0n) is 10.7. The molecule has 0 fully saturated rings. The first-order valence-corrected chi connectivity index (χ1v) is 5.96. The van der Waals surface area contributed by atoms with Crippen molar-refractivity contribution in [2.45, 2.75) is 13.8 Å². The Morgan fingerprint density at radius 2 is 2.16 bits per heavy atom. The smallest absolute Gasteiger partial charge is 0.273 e. The quantitative estimate of drug-likeness (QED) is 0.739. The molecule has 96 valence electrons. The van der Waals surface area contributed by atoms with Crippen LogP contribution < -0.4 is 5.32 Å². The number of hydrogen-bond acceptors (Lipinski definition) is 3. The molecule has 2 N–H and O–H groups in total. The van der Waals surface area contributed by atoms with E-state index in [9.17, 15) is 4.79 Å². The van der Waals surface area contributed by atoms with Crippen LogP contribution in [0, 0.1) is 13.8 Å². The number of aromatic nitrogens is 2. The lowest BCUT2D eigenvalue weighted by molar-refractivity contribution is 0.102. The summed E-state index contributed by atoms with van der Waals surface area (Å²) in [6, 6.07) is 9.43. The third-order valence-electron chi connectivity index (χ3n) is 2.98. The average Bonchev–Trinajstić information content (AvgIpc) is 2.96. The van der Waals surface area contributed by atoms with Gasteiger partial charge >= 0.3 is 0 Å². The van der Waals surface area contributed by atoms with E-state index >= 15 is 0 Å². The third-order valence-corrected chi connectivity index (χ3v) is 2.98. The number of aryl methyl sites for hydroxylation is 2. The number of amides is 1. The fourth-order valence-corrected chi connectivity index (χ4v) is 2.04. The van der Waals surface area contributed by atoms with Gasteiger partial charge in [0.15, 0.2) is 5.82 Å². The average molecular weight is 255 g/mol. The lowest BCUT2D eigenvalue weighted by atomic mass is 10.2. The second-order valence-electron chi connectivity index (χ2n) is 4.50. The van der Waals surface area contributed by atoms with Crippen molar-refractivity contribution in [3.05, 3.63) is 47.3 Å². The Morgan fingerprint density at radius 3 is 2.84 bits per heavy atom. The van der Waals surface area contributed by atoms with Gasteiger partial charge in [0.05, 0.1) is 0 Å². The summed E-state index contributed by atoms with van der Waals surface area (Å²) in [6.45, 7) is 3.77. The van der Waals surface area contributed by atoms with E-state index in [2.05, 4.69) is 15.5 Å². The molecule has 0 atom stereocenters. The summed E-state index contributed by atoms with van der Waals surface area (Å²) in [7, 11) is 0. The van der Waals surface area contributed by atoms with Gasteiger partial charge < -0.3 is 14.8 Å². The minimum Gasteiger partial charge on any atom is -0.360 e. The second kappa shape index (κ2) is 4.28. The molecule has 0 aliphatic rings. The van der Waals surface area contributed by atoms with Crippen LogP contribution in [0.5, 0.6) is 0 Å². The number of nitrogens with zero attached hydrogens (tertiary/aromatic N) is 1. The molecule has 0 saturated carbocycles. The van der Waals surface area contributed by atoms with E-state index in [1.54, 1.807) is 13.0 Å². The van der Waals surface area contributed by atoms with Gasteiger partial charge in [0, 0.05) is 17.0 Å². The van der Waals surface area contributed by atoms with Gasteiger partial charge in [-0.1, -0.05) is 23.4 Å². The summed E-state index contributed by atoms with van der Waals surface area (Å²) in [5.74, 6) is 0.838. The normalized spacial score (nSPS) is 10.8. The third kappa shape index (κ3) is 2.10. The number of nitrogens with one attached hydrogen (secondary N) is 2. The Hall–Kier alpha value is -2.56. The van der Waals surface area contributed by atoms with Gasteiger partial charge in [0.2, 0.25) is 0 Å². The largest absolute Gasteiger partial charge is 0.360 e. The lowest BCUT2D eigenvalue weighted by Gasteiger charge is -1.97. The van der Waals surface area contributed by atoms with Crippen LogP contribution in [0.3, 0.4) is 0 Å². The van der Waals surface area contributed by atoms with Crippen molar-refractivity contribution in [1.29, 1.82) is 0 Å². The summed E-state index contributed by atoms with van der Waals surface area (Å²) >= 11 is 0. The molecule has 3 aromatic rings. The van der Waals surface area contributed by atoms with Gasteiger partial charge in [-0.05, 0) is 25.5 Å². The van der Waals surface area contributed by atoms with E-state index in [-0.39, 0.29) is 5.91 Å². The molecule has 0 radical (unpaired) electrons. The summed E-state index contributed by atoms with van der Waals surface area (Å²) in [5.41, 5.74) is 2.59. The predicted octanol–water partition coefficient (Wildman–Crippen LogP) is 3.03. The summed E-state index contributed by atoms with van der Waals surface area (Å²) in [6.07, 6.45) is 0. The van der Waals surface area contributed by atoms with Crippen LogP contribution in [-0.4, -0.2) is 16.0 Å². The fourth-order valence-electron chi connectivity index (χ4n) is 2.04. The van der Waals surface area contributed by atoms with Crippen molar-refractivity contribution in [3.8, 4) is 0 Å². The van der Waals surface area contributed by atoms with Crippen LogP contribution in [0.1, 0.15) is 21.8 Å². The monoisotopic (exact) mass is 255 g/mol. The van der Waals surface area contributed by atoms with Crippen LogP contribution in [0.25, 0.3) is 10.9 Å². The molecule has 0 aliphatic carbocycles. The molecule has 3 rings (SSSR count). The van der Waals surface area contributed by atoms with E-state index in [1.807, 2.05) is 31.2 Å². The first-order chi connectivity index (χ1) is 9.13. The van der Waals surface area contributed by atoms with Crippen molar-refractivity contribution in [2.24, 2.45) is 0 Å². The second-order valence-corrected chi connectivity index (χ2v) is 4.50. The predicted molar refractivity (Wildman–Crippen MR) is 72.2 cm³/mol. The zero-order valence-corrected chi connectivity index (χ0v) is 10.7. The first-order valence-electron chi connectivity index (χ1n) is 5.96. The molecule has 2 heterocycles. The van der Waals surface area contributed by atoms with Crippen molar-refractivity contribution < 1.29 is 9.32 Å². The molecule has 0 spiro atoms. The number of hydrogen-bond donors (Lipinski definition) is 2. The Bertz CT molecular complexity index is 755. The van der Waals surface area contributed by atoms with Crippen molar-refractivity contribution in [3.63, 3.8) is 0 Å². The minimum atomic E-state index is -0.232. The maximum absolute atomic E-state index is 12.1. The van der Waals surface area contributed by atoms with Gasteiger partial charge in [0.25, 0.3) is 5.91 Å². The first kappa shape index (κ1) is 11.5. The van der Waals surface area contributed by atoms with Crippen molar-refractivity contribution in [1.82, 2.24) is 10.1 Å². The van der Waals surface area contributed by atoms with E-state index in [0.29, 0.717) is 17.3 Å². The summed E-state index contributed by atoms with van der Waals surface area (Å²) in [5, 5.41) is 7.43. The maximum Gasteiger partial charge on any atom is 0.273 e. The molecule has 1 aromatic carbocycles. The molecule has 2 aromatic heterocycles. The summed E-state index contributed by atoms with van der Waals surface area (Å²) in [4.78, 5) is 15.2. The van der Waals surface area contributed by atoms with E-state index in [0.717, 1.165) is 16.5 Å². The Labute approximate surface area is 109 Å². The number of aromatic amines is 1. The van der Waals surface area contributed by atoms with E-state index in [1.165, 1.54) is 0 Å². The molecule has 0 unspecified atom stereocenters.